The van der Waals surface area contributed by atoms with Crippen LogP contribution >= 0.6 is 11.3 Å². The number of aryl methyl sites for hydroxylation is 2. The first-order valence-electron chi connectivity index (χ1n) is 3.46. The van der Waals surface area contributed by atoms with Crippen LogP contribution in [0.25, 0.3) is 0 Å². The van der Waals surface area contributed by atoms with Gasteiger partial charge in [0.1, 0.15) is 4.90 Å². The lowest BCUT2D eigenvalue weighted by molar-refractivity contribution is 0.112. The summed E-state index contributed by atoms with van der Waals surface area (Å²) in [4.78, 5) is 11.8. The quantitative estimate of drug-likeness (QED) is 0.748. The van der Waals surface area contributed by atoms with E-state index in [-0.39, 0.29) is 10.5 Å². The first-order chi connectivity index (χ1) is 5.88. The highest BCUT2D eigenvalue weighted by molar-refractivity contribution is 7.89. The Morgan fingerprint density at radius 1 is 1.31 bits per heavy atom. The summed E-state index contributed by atoms with van der Waals surface area (Å²) >= 11 is 1.26. The topological polar surface area (TPSA) is 77.2 Å². The van der Waals surface area contributed by atoms with Crippen LogP contribution in [0.1, 0.15) is 20.1 Å². The van der Waals surface area contributed by atoms with Crippen LogP contribution < -0.4 is 5.14 Å². The molecule has 0 radical (unpaired) electrons. The van der Waals surface area contributed by atoms with Gasteiger partial charge in [-0.15, -0.1) is 11.3 Å². The van der Waals surface area contributed by atoms with Gasteiger partial charge in [-0.3, -0.25) is 4.79 Å². The molecule has 0 aliphatic heterocycles. The Bertz CT molecular complexity index is 445. The van der Waals surface area contributed by atoms with Crippen molar-refractivity contribution in [1.82, 2.24) is 0 Å². The monoisotopic (exact) mass is 219 g/mol. The van der Waals surface area contributed by atoms with Gasteiger partial charge in [-0.05, 0) is 13.8 Å². The van der Waals surface area contributed by atoms with E-state index in [9.17, 15) is 13.2 Å². The van der Waals surface area contributed by atoms with Crippen molar-refractivity contribution in [3.05, 3.63) is 15.3 Å². The number of carbonyl (C=O) groups is 1. The number of hydrogen-bond donors (Lipinski definition) is 1. The SMILES string of the molecule is Cc1sc(C)c(S(N)(=O)=O)c1C=O. The molecule has 0 amide bonds. The molecule has 0 bridgehead atoms. The van der Waals surface area contributed by atoms with Crippen LogP contribution in [0.4, 0.5) is 0 Å². The Labute approximate surface area is 80.4 Å². The largest absolute Gasteiger partial charge is 0.298 e. The zero-order valence-corrected chi connectivity index (χ0v) is 8.83. The normalized spacial score (nSPS) is 11.6. The van der Waals surface area contributed by atoms with Crippen molar-refractivity contribution in [1.29, 1.82) is 0 Å². The second-order valence-electron chi connectivity index (χ2n) is 2.62. The standard InChI is InChI=1S/C7H9NO3S2/c1-4-6(3-9)7(5(2)12-4)13(8,10)11/h3H,1-2H3,(H2,8,10,11). The van der Waals surface area contributed by atoms with Gasteiger partial charge in [-0.1, -0.05) is 0 Å². The lowest BCUT2D eigenvalue weighted by Crippen LogP contribution is -2.14. The third-order valence-corrected chi connectivity index (χ3v) is 3.91. The molecule has 1 aromatic rings. The van der Waals surface area contributed by atoms with Gasteiger partial charge in [0.2, 0.25) is 10.0 Å². The van der Waals surface area contributed by atoms with Crippen LogP contribution in [-0.4, -0.2) is 14.7 Å². The average molecular weight is 219 g/mol. The minimum Gasteiger partial charge on any atom is -0.298 e. The van der Waals surface area contributed by atoms with Gasteiger partial charge in [-0.25, -0.2) is 13.6 Å². The zero-order chi connectivity index (χ0) is 10.2. The number of thiophene rings is 1. The number of hydrogen-bond acceptors (Lipinski definition) is 4. The van der Waals surface area contributed by atoms with Crippen LogP contribution in [-0.2, 0) is 10.0 Å². The summed E-state index contributed by atoms with van der Waals surface area (Å²) in [5.41, 5.74) is 0.185. The van der Waals surface area contributed by atoms with E-state index in [0.29, 0.717) is 16.0 Å². The molecule has 1 aromatic heterocycles. The van der Waals surface area contributed by atoms with E-state index in [1.54, 1.807) is 13.8 Å². The molecule has 0 unspecified atom stereocenters. The second kappa shape index (κ2) is 3.21. The van der Waals surface area contributed by atoms with Gasteiger partial charge < -0.3 is 0 Å². The highest BCUT2D eigenvalue weighted by atomic mass is 32.2. The van der Waals surface area contributed by atoms with Gasteiger partial charge in [0, 0.05) is 15.3 Å². The van der Waals surface area contributed by atoms with Gasteiger partial charge in [0.15, 0.2) is 6.29 Å². The lowest BCUT2D eigenvalue weighted by atomic mass is 10.3. The molecule has 1 heterocycles. The molecule has 13 heavy (non-hydrogen) atoms. The lowest BCUT2D eigenvalue weighted by Gasteiger charge is -1.96. The Hall–Kier alpha value is -0.720. The summed E-state index contributed by atoms with van der Waals surface area (Å²) < 4.78 is 22.1. The molecule has 0 saturated heterocycles. The molecule has 0 fully saturated rings. The minimum absolute atomic E-state index is 0.0370. The van der Waals surface area contributed by atoms with Crippen molar-refractivity contribution in [2.24, 2.45) is 5.14 Å². The predicted molar refractivity (Wildman–Crippen MR) is 50.6 cm³/mol. The number of nitrogens with two attached hydrogens (primary N) is 1. The smallest absolute Gasteiger partial charge is 0.239 e. The van der Waals surface area contributed by atoms with Gasteiger partial charge in [0.05, 0.1) is 0 Å². The van der Waals surface area contributed by atoms with Crippen LogP contribution in [0.3, 0.4) is 0 Å². The van der Waals surface area contributed by atoms with Crippen LogP contribution in [0.15, 0.2) is 4.90 Å². The molecular weight excluding hydrogens is 210 g/mol. The predicted octanol–water partition coefficient (Wildman–Crippen LogP) is 0.825. The van der Waals surface area contributed by atoms with E-state index in [0.717, 1.165) is 0 Å². The molecule has 0 spiro atoms. The average Bonchev–Trinajstić information content (AvgIpc) is 2.23. The Kier molecular flexibility index (Phi) is 2.56. The summed E-state index contributed by atoms with van der Waals surface area (Å²) in [5, 5.41) is 4.97. The summed E-state index contributed by atoms with van der Waals surface area (Å²) in [6.07, 6.45) is 0.526. The highest BCUT2D eigenvalue weighted by Crippen LogP contribution is 2.28. The summed E-state index contributed by atoms with van der Waals surface area (Å²) in [6, 6.07) is 0. The first-order valence-corrected chi connectivity index (χ1v) is 5.82. The molecule has 0 saturated carbocycles. The fraction of sp³-hybridized carbons (Fsp3) is 0.286. The van der Waals surface area contributed by atoms with Crippen molar-refractivity contribution in [3.8, 4) is 0 Å². The number of primary sulfonamides is 1. The van der Waals surface area contributed by atoms with Gasteiger partial charge in [-0.2, -0.15) is 0 Å². The molecule has 0 aliphatic carbocycles. The highest BCUT2D eigenvalue weighted by Gasteiger charge is 2.21. The van der Waals surface area contributed by atoms with Crippen LogP contribution in [0.5, 0.6) is 0 Å². The number of rotatable bonds is 2. The van der Waals surface area contributed by atoms with Crippen molar-refractivity contribution in [3.63, 3.8) is 0 Å². The molecule has 2 N–H and O–H groups in total. The van der Waals surface area contributed by atoms with E-state index >= 15 is 0 Å². The third-order valence-electron chi connectivity index (χ3n) is 1.65. The van der Waals surface area contributed by atoms with Crippen LogP contribution in [0.2, 0.25) is 0 Å². The van der Waals surface area contributed by atoms with E-state index in [1.807, 2.05) is 0 Å². The number of aldehydes is 1. The van der Waals surface area contributed by atoms with E-state index < -0.39 is 10.0 Å². The van der Waals surface area contributed by atoms with Gasteiger partial charge >= 0.3 is 0 Å². The maximum Gasteiger partial charge on any atom is 0.239 e. The molecule has 4 nitrogen and oxygen atoms in total. The Morgan fingerprint density at radius 3 is 2.15 bits per heavy atom. The number of carbonyl (C=O) groups excluding carboxylic acids is 1. The zero-order valence-electron chi connectivity index (χ0n) is 7.20. The molecule has 6 heteroatoms. The van der Waals surface area contributed by atoms with E-state index in [4.69, 9.17) is 5.14 Å². The van der Waals surface area contributed by atoms with Crippen molar-refractivity contribution < 1.29 is 13.2 Å². The minimum atomic E-state index is -3.78. The van der Waals surface area contributed by atoms with Crippen molar-refractivity contribution >= 4 is 27.6 Å². The fourth-order valence-corrected chi connectivity index (χ4v) is 3.54. The summed E-state index contributed by atoms with van der Waals surface area (Å²) in [5.74, 6) is 0. The molecule has 0 atom stereocenters. The molecular formula is C7H9NO3S2. The summed E-state index contributed by atoms with van der Waals surface area (Å²) in [7, 11) is -3.78. The summed E-state index contributed by atoms with van der Waals surface area (Å²) in [6.45, 7) is 3.32. The molecule has 0 aromatic carbocycles. The molecule has 72 valence electrons. The van der Waals surface area contributed by atoms with E-state index in [2.05, 4.69) is 0 Å². The van der Waals surface area contributed by atoms with Crippen LogP contribution in [0, 0.1) is 13.8 Å². The first kappa shape index (κ1) is 10.4. The van der Waals surface area contributed by atoms with E-state index in [1.165, 1.54) is 11.3 Å². The number of sulfonamides is 1. The fourth-order valence-electron chi connectivity index (χ4n) is 1.17. The maximum absolute atomic E-state index is 11.1. The van der Waals surface area contributed by atoms with Crippen molar-refractivity contribution in [2.75, 3.05) is 0 Å². The van der Waals surface area contributed by atoms with Gasteiger partial charge in [0.25, 0.3) is 0 Å². The molecule has 1 rings (SSSR count). The third kappa shape index (κ3) is 1.79. The molecule has 0 aliphatic rings. The Balaban J connectivity index is 3.61. The second-order valence-corrected chi connectivity index (χ2v) is 5.55. The van der Waals surface area contributed by atoms with Crippen molar-refractivity contribution in [2.45, 2.75) is 18.7 Å². The Morgan fingerprint density at radius 2 is 1.85 bits per heavy atom. The maximum atomic E-state index is 11.1.